The van der Waals surface area contributed by atoms with Crippen LogP contribution in [-0.2, 0) is 25.7 Å². The zero-order valence-corrected chi connectivity index (χ0v) is 12.8. The summed E-state index contributed by atoms with van der Waals surface area (Å²) in [5, 5.41) is 14.3. The van der Waals surface area contributed by atoms with Crippen molar-refractivity contribution < 1.29 is 24.2 Å². The summed E-state index contributed by atoms with van der Waals surface area (Å²) in [7, 11) is 2.42. The molecule has 0 heterocycles. The summed E-state index contributed by atoms with van der Waals surface area (Å²) in [4.78, 5) is 23.2. The maximum absolute atomic E-state index is 11.8. The number of anilines is 1. The minimum Gasteiger partial charge on any atom is -0.466 e. The van der Waals surface area contributed by atoms with Crippen LogP contribution in [0, 0.1) is 0 Å². The first kappa shape index (κ1) is 16.5. The molecule has 0 saturated heterocycles. The summed E-state index contributed by atoms with van der Waals surface area (Å²) < 4.78 is 9.18. The molecule has 2 aromatic rings. The van der Waals surface area contributed by atoms with Crippen LogP contribution in [-0.4, -0.2) is 31.3 Å². The topological polar surface area (TPSA) is 84.9 Å². The maximum Gasteiger partial charge on any atom is 0.354 e. The highest BCUT2D eigenvalue weighted by molar-refractivity contribution is 5.99. The van der Waals surface area contributed by atoms with Gasteiger partial charge in [-0.25, -0.2) is 9.59 Å². The molecule has 0 aromatic heterocycles. The van der Waals surface area contributed by atoms with E-state index in [4.69, 9.17) is 0 Å². The number of fused-ring (bicyclic) bond motifs is 1. The fraction of sp³-hybridized carbons (Fsp3) is 0.176. The van der Waals surface area contributed by atoms with E-state index >= 15 is 0 Å². The van der Waals surface area contributed by atoms with Crippen molar-refractivity contribution >= 4 is 28.4 Å². The first-order valence-electron chi connectivity index (χ1n) is 6.86. The number of methoxy groups -OCH3 is 2. The number of rotatable bonds is 5. The molecule has 120 valence electrons. The first-order chi connectivity index (χ1) is 11.1. The molecule has 0 atom stereocenters. The Morgan fingerprint density at radius 1 is 1.13 bits per heavy atom. The Hall–Kier alpha value is -2.86. The van der Waals surface area contributed by atoms with E-state index in [2.05, 4.69) is 14.8 Å². The Kier molecular flexibility index (Phi) is 5.32. The van der Waals surface area contributed by atoms with Crippen molar-refractivity contribution in [2.45, 2.75) is 6.61 Å². The van der Waals surface area contributed by atoms with Gasteiger partial charge < -0.3 is 19.9 Å². The molecule has 0 aliphatic rings. The number of esters is 2. The summed E-state index contributed by atoms with van der Waals surface area (Å²) in [6.45, 7) is -0.222. The zero-order chi connectivity index (χ0) is 16.8. The quantitative estimate of drug-likeness (QED) is 0.648. The van der Waals surface area contributed by atoms with Gasteiger partial charge in [-0.1, -0.05) is 24.3 Å². The third-order valence-electron chi connectivity index (χ3n) is 3.28. The van der Waals surface area contributed by atoms with Crippen LogP contribution in [0.3, 0.4) is 0 Å². The van der Waals surface area contributed by atoms with Crippen LogP contribution in [0.5, 0.6) is 0 Å². The zero-order valence-electron chi connectivity index (χ0n) is 12.8. The second kappa shape index (κ2) is 7.42. The van der Waals surface area contributed by atoms with Gasteiger partial charge in [0.15, 0.2) is 0 Å². The van der Waals surface area contributed by atoms with Gasteiger partial charge in [0.25, 0.3) is 0 Å². The molecule has 0 aliphatic heterocycles. The highest BCUT2D eigenvalue weighted by Crippen LogP contribution is 2.25. The SMILES string of the molecule is COC(=O)/C=C(/Nc1cc2ccccc2cc1CO)C(=O)OC. The molecule has 0 radical (unpaired) electrons. The summed E-state index contributed by atoms with van der Waals surface area (Å²) >= 11 is 0. The molecule has 6 nitrogen and oxygen atoms in total. The van der Waals surface area contributed by atoms with E-state index in [9.17, 15) is 14.7 Å². The number of carbonyl (C=O) groups is 2. The molecule has 0 amide bonds. The van der Waals surface area contributed by atoms with Gasteiger partial charge in [0.2, 0.25) is 0 Å². The molecule has 0 unspecified atom stereocenters. The van der Waals surface area contributed by atoms with Crippen LogP contribution in [0.2, 0.25) is 0 Å². The van der Waals surface area contributed by atoms with Crippen molar-refractivity contribution in [2.24, 2.45) is 0 Å². The number of nitrogens with one attached hydrogen (secondary N) is 1. The van der Waals surface area contributed by atoms with Gasteiger partial charge >= 0.3 is 11.9 Å². The molecular formula is C17H17NO5. The van der Waals surface area contributed by atoms with Crippen LogP contribution in [0.4, 0.5) is 5.69 Å². The largest absolute Gasteiger partial charge is 0.466 e. The van der Waals surface area contributed by atoms with E-state index in [1.165, 1.54) is 14.2 Å². The number of hydrogen-bond donors (Lipinski definition) is 2. The van der Waals surface area contributed by atoms with E-state index in [0.717, 1.165) is 16.8 Å². The molecule has 2 aromatic carbocycles. The summed E-state index contributed by atoms with van der Waals surface area (Å²) in [5.41, 5.74) is 1.01. The maximum atomic E-state index is 11.8. The van der Waals surface area contributed by atoms with Crippen molar-refractivity contribution in [3.8, 4) is 0 Å². The Bertz CT molecular complexity index is 767. The summed E-state index contributed by atoms with van der Waals surface area (Å²) in [6.07, 6.45) is 1.00. The van der Waals surface area contributed by atoms with Gasteiger partial charge in [-0.2, -0.15) is 0 Å². The lowest BCUT2D eigenvalue weighted by Crippen LogP contribution is -2.16. The highest BCUT2D eigenvalue weighted by Gasteiger charge is 2.15. The van der Waals surface area contributed by atoms with E-state index < -0.39 is 11.9 Å². The molecule has 0 bridgehead atoms. The average Bonchev–Trinajstić information content (AvgIpc) is 2.59. The monoisotopic (exact) mass is 315 g/mol. The molecule has 23 heavy (non-hydrogen) atoms. The van der Waals surface area contributed by atoms with Gasteiger partial charge in [-0.05, 0) is 22.9 Å². The van der Waals surface area contributed by atoms with Crippen molar-refractivity contribution in [3.05, 3.63) is 53.7 Å². The molecule has 2 rings (SSSR count). The predicted molar refractivity (Wildman–Crippen MR) is 85.6 cm³/mol. The first-order valence-corrected chi connectivity index (χ1v) is 6.86. The van der Waals surface area contributed by atoms with Gasteiger partial charge in [-0.3, -0.25) is 0 Å². The minimum atomic E-state index is -0.715. The Balaban J connectivity index is 2.46. The van der Waals surface area contributed by atoms with Gasteiger partial charge in [0.1, 0.15) is 5.70 Å². The lowest BCUT2D eigenvalue weighted by molar-refractivity contribution is -0.138. The average molecular weight is 315 g/mol. The lowest BCUT2D eigenvalue weighted by Gasteiger charge is -2.14. The van der Waals surface area contributed by atoms with Gasteiger partial charge in [0, 0.05) is 11.3 Å². The molecule has 0 saturated carbocycles. The van der Waals surface area contributed by atoms with Crippen LogP contribution in [0.1, 0.15) is 5.56 Å². The number of aliphatic hydroxyl groups excluding tert-OH is 1. The molecule has 0 fully saturated rings. The number of aliphatic hydroxyl groups is 1. The fourth-order valence-corrected chi connectivity index (χ4v) is 2.11. The Morgan fingerprint density at radius 3 is 2.35 bits per heavy atom. The van der Waals surface area contributed by atoms with Gasteiger partial charge in [0.05, 0.1) is 26.9 Å². The summed E-state index contributed by atoms with van der Waals surface area (Å²) in [6, 6.07) is 11.2. The Morgan fingerprint density at radius 2 is 1.78 bits per heavy atom. The number of hydrogen-bond acceptors (Lipinski definition) is 6. The van der Waals surface area contributed by atoms with Crippen molar-refractivity contribution in [2.75, 3.05) is 19.5 Å². The van der Waals surface area contributed by atoms with Crippen molar-refractivity contribution in [1.29, 1.82) is 0 Å². The normalized spacial score (nSPS) is 11.2. The second-order valence-corrected chi connectivity index (χ2v) is 4.71. The van der Waals surface area contributed by atoms with Crippen LogP contribution >= 0.6 is 0 Å². The Labute approximate surface area is 133 Å². The van der Waals surface area contributed by atoms with E-state index in [-0.39, 0.29) is 12.3 Å². The smallest absolute Gasteiger partial charge is 0.354 e. The van der Waals surface area contributed by atoms with Crippen LogP contribution in [0.15, 0.2) is 48.2 Å². The lowest BCUT2D eigenvalue weighted by atomic mass is 10.0. The van der Waals surface area contributed by atoms with E-state index in [1.54, 1.807) is 6.07 Å². The van der Waals surface area contributed by atoms with Crippen molar-refractivity contribution in [3.63, 3.8) is 0 Å². The van der Waals surface area contributed by atoms with Crippen molar-refractivity contribution in [1.82, 2.24) is 0 Å². The number of benzene rings is 2. The van der Waals surface area contributed by atoms with Crippen LogP contribution < -0.4 is 5.32 Å². The summed E-state index contributed by atoms with van der Waals surface area (Å²) in [5.74, 6) is -1.41. The van der Waals surface area contributed by atoms with E-state index in [1.807, 2.05) is 30.3 Å². The third-order valence-corrected chi connectivity index (χ3v) is 3.28. The molecule has 0 spiro atoms. The predicted octanol–water partition coefficient (Wildman–Crippen LogP) is 1.97. The molecule has 2 N–H and O–H groups in total. The third kappa shape index (κ3) is 3.87. The van der Waals surface area contributed by atoms with Gasteiger partial charge in [-0.15, -0.1) is 0 Å². The standard InChI is InChI=1S/C17H17NO5/c1-22-16(20)9-15(17(21)23-2)18-14-8-12-6-4-3-5-11(12)7-13(14)10-19/h3-9,18-19H,10H2,1-2H3/b15-9+. The molecule has 0 aliphatic carbocycles. The second-order valence-electron chi connectivity index (χ2n) is 4.71. The van der Waals surface area contributed by atoms with E-state index in [0.29, 0.717) is 11.3 Å². The van der Waals surface area contributed by atoms with Crippen LogP contribution in [0.25, 0.3) is 10.8 Å². The molecular weight excluding hydrogens is 298 g/mol. The minimum absolute atomic E-state index is 0.0793. The number of ether oxygens (including phenoxy) is 2. The highest BCUT2D eigenvalue weighted by atomic mass is 16.5. The number of carbonyl (C=O) groups excluding carboxylic acids is 2. The molecule has 6 heteroatoms. The fourth-order valence-electron chi connectivity index (χ4n) is 2.11.